The summed E-state index contributed by atoms with van der Waals surface area (Å²) in [5, 5.41) is 11.3. The van der Waals surface area contributed by atoms with Crippen LogP contribution in [0.15, 0.2) is 6.07 Å². The number of carboxylic acids is 1. The van der Waals surface area contributed by atoms with E-state index in [1.54, 1.807) is 11.3 Å². The number of hydrogen-bond donors (Lipinski definition) is 2. The zero-order valence-corrected chi connectivity index (χ0v) is 11.7. The van der Waals surface area contributed by atoms with Crippen molar-refractivity contribution in [2.45, 2.75) is 44.9 Å². The molecule has 1 amide bonds. The molecule has 0 fully saturated rings. The van der Waals surface area contributed by atoms with Gasteiger partial charge in [-0.2, -0.15) is 0 Å². The number of carbonyl (C=O) groups excluding carboxylic acids is 1. The lowest BCUT2D eigenvalue weighted by atomic mass is 10.1. The number of rotatable bonds is 5. The summed E-state index contributed by atoms with van der Waals surface area (Å²) in [5.41, 5.74) is 1.33. The Morgan fingerprint density at radius 2 is 2.05 bits per heavy atom. The molecule has 0 atom stereocenters. The molecule has 1 heterocycles. The number of thiophene rings is 1. The van der Waals surface area contributed by atoms with Crippen LogP contribution in [0.25, 0.3) is 0 Å². The number of aryl methyl sites for hydroxylation is 2. The lowest BCUT2D eigenvalue weighted by Crippen LogP contribution is -2.24. The van der Waals surface area contributed by atoms with Crippen molar-refractivity contribution < 1.29 is 14.7 Å². The standard InChI is InChI=1S/C14H19NO3S/c16-13(17)7-4-8-15-14(18)12-9-10-5-2-1-3-6-11(10)19-12/h9H,1-8H2,(H,15,18)(H,16,17). The van der Waals surface area contributed by atoms with Gasteiger partial charge in [-0.3, -0.25) is 9.59 Å². The van der Waals surface area contributed by atoms with Gasteiger partial charge < -0.3 is 10.4 Å². The molecule has 0 aromatic carbocycles. The monoisotopic (exact) mass is 281 g/mol. The van der Waals surface area contributed by atoms with Gasteiger partial charge in [-0.05, 0) is 43.7 Å². The zero-order chi connectivity index (χ0) is 13.7. The average molecular weight is 281 g/mol. The van der Waals surface area contributed by atoms with E-state index in [1.165, 1.54) is 29.7 Å². The van der Waals surface area contributed by atoms with E-state index in [9.17, 15) is 9.59 Å². The summed E-state index contributed by atoms with van der Waals surface area (Å²) in [6, 6.07) is 2.01. The van der Waals surface area contributed by atoms with E-state index in [0.717, 1.165) is 17.7 Å². The SMILES string of the molecule is O=C(O)CCCNC(=O)c1cc2c(s1)CCCCC2. The molecule has 1 aliphatic rings. The quantitative estimate of drug-likeness (QED) is 0.644. The molecule has 4 nitrogen and oxygen atoms in total. The third-order valence-electron chi connectivity index (χ3n) is 3.32. The molecule has 0 aliphatic heterocycles. The first-order valence-electron chi connectivity index (χ1n) is 6.78. The van der Waals surface area contributed by atoms with Gasteiger partial charge in [0.1, 0.15) is 0 Å². The van der Waals surface area contributed by atoms with Gasteiger partial charge in [0.15, 0.2) is 0 Å². The molecule has 2 rings (SSSR count). The van der Waals surface area contributed by atoms with Gasteiger partial charge in [0.25, 0.3) is 5.91 Å². The van der Waals surface area contributed by atoms with E-state index in [1.807, 2.05) is 6.07 Å². The van der Waals surface area contributed by atoms with Crippen LogP contribution in [-0.2, 0) is 17.6 Å². The molecular weight excluding hydrogens is 262 g/mol. The second-order valence-electron chi connectivity index (χ2n) is 4.87. The fraction of sp³-hybridized carbons (Fsp3) is 0.571. The number of hydrogen-bond acceptors (Lipinski definition) is 3. The van der Waals surface area contributed by atoms with Crippen molar-refractivity contribution in [2.75, 3.05) is 6.54 Å². The van der Waals surface area contributed by atoms with Crippen molar-refractivity contribution in [2.24, 2.45) is 0 Å². The van der Waals surface area contributed by atoms with Crippen LogP contribution >= 0.6 is 11.3 Å². The highest BCUT2D eigenvalue weighted by Gasteiger charge is 2.16. The van der Waals surface area contributed by atoms with Crippen LogP contribution in [-0.4, -0.2) is 23.5 Å². The van der Waals surface area contributed by atoms with E-state index >= 15 is 0 Å². The maximum Gasteiger partial charge on any atom is 0.303 e. The lowest BCUT2D eigenvalue weighted by molar-refractivity contribution is -0.137. The maximum absolute atomic E-state index is 11.9. The zero-order valence-electron chi connectivity index (χ0n) is 10.9. The molecule has 0 spiro atoms. The van der Waals surface area contributed by atoms with Gasteiger partial charge in [-0.1, -0.05) is 6.42 Å². The van der Waals surface area contributed by atoms with Crippen LogP contribution < -0.4 is 5.32 Å². The summed E-state index contributed by atoms with van der Waals surface area (Å²) >= 11 is 1.59. The van der Waals surface area contributed by atoms with Crippen LogP contribution in [0.3, 0.4) is 0 Å². The first kappa shape index (κ1) is 14.1. The first-order chi connectivity index (χ1) is 9.16. The number of aliphatic carboxylic acids is 1. The molecule has 0 saturated carbocycles. The van der Waals surface area contributed by atoms with Crippen molar-refractivity contribution in [1.29, 1.82) is 0 Å². The van der Waals surface area contributed by atoms with Gasteiger partial charge in [-0.15, -0.1) is 11.3 Å². The highest BCUT2D eigenvalue weighted by Crippen LogP contribution is 2.28. The fourth-order valence-electron chi connectivity index (χ4n) is 2.31. The van der Waals surface area contributed by atoms with Gasteiger partial charge in [-0.25, -0.2) is 0 Å². The fourth-order valence-corrected chi connectivity index (χ4v) is 3.48. The Hall–Kier alpha value is -1.36. The third-order valence-corrected chi connectivity index (χ3v) is 4.56. The third kappa shape index (κ3) is 4.06. The van der Waals surface area contributed by atoms with Crippen LogP contribution in [0.2, 0.25) is 0 Å². The van der Waals surface area contributed by atoms with Gasteiger partial charge in [0, 0.05) is 17.8 Å². The Labute approximate surface area is 116 Å². The Kier molecular flexibility index (Phi) is 4.96. The molecule has 1 aromatic rings. The first-order valence-corrected chi connectivity index (χ1v) is 7.60. The van der Waals surface area contributed by atoms with Crippen molar-refractivity contribution in [3.8, 4) is 0 Å². The van der Waals surface area contributed by atoms with Crippen LogP contribution in [0, 0.1) is 0 Å². The lowest BCUT2D eigenvalue weighted by Gasteiger charge is -2.01. The van der Waals surface area contributed by atoms with E-state index < -0.39 is 5.97 Å². The Morgan fingerprint density at radius 1 is 1.26 bits per heavy atom. The molecule has 0 bridgehead atoms. The second-order valence-corrected chi connectivity index (χ2v) is 6.01. The normalized spacial score (nSPS) is 14.5. The molecule has 19 heavy (non-hydrogen) atoms. The van der Waals surface area contributed by atoms with E-state index in [0.29, 0.717) is 13.0 Å². The maximum atomic E-state index is 11.9. The van der Waals surface area contributed by atoms with Crippen molar-refractivity contribution in [3.05, 3.63) is 21.4 Å². The number of amides is 1. The molecule has 0 radical (unpaired) electrons. The van der Waals surface area contributed by atoms with E-state index in [-0.39, 0.29) is 12.3 Å². The number of fused-ring (bicyclic) bond motifs is 1. The molecule has 2 N–H and O–H groups in total. The smallest absolute Gasteiger partial charge is 0.303 e. The molecule has 1 aromatic heterocycles. The Balaban J connectivity index is 1.87. The summed E-state index contributed by atoms with van der Waals surface area (Å²) < 4.78 is 0. The van der Waals surface area contributed by atoms with Crippen LogP contribution in [0.4, 0.5) is 0 Å². The predicted octanol–water partition coefficient (Wildman–Crippen LogP) is 2.61. The summed E-state index contributed by atoms with van der Waals surface area (Å²) in [5.74, 6) is -0.888. The van der Waals surface area contributed by atoms with Crippen LogP contribution in [0.5, 0.6) is 0 Å². The summed E-state index contributed by atoms with van der Waals surface area (Å²) in [4.78, 5) is 24.4. The minimum atomic E-state index is -0.822. The largest absolute Gasteiger partial charge is 0.481 e. The summed E-state index contributed by atoms with van der Waals surface area (Å²) in [7, 11) is 0. The molecule has 1 aliphatic carbocycles. The van der Waals surface area contributed by atoms with E-state index in [4.69, 9.17) is 5.11 Å². The van der Waals surface area contributed by atoms with E-state index in [2.05, 4.69) is 5.32 Å². The average Bonchev–Trinajstić information content (AvgIpc) is 2.66. The predicted molar refractivity (Wildman–Crippen MR) is 74.8 cm³/mol. The molecule has 5 heteroatoms. The number of nitrogens with one attached hydrogen (secondary N) is 1. The Morgan fingerprint density at radius 3 is 2.84 bits per heavy atom. The molecular formula is C14H19NO3S. The highest BCUT2D eigenvalue weighted by molar-refractivity contribution is 7.14. The molecule has 0 unspecified atom stereocenters. The highest BCUT2D eigenvalue weighted by atomic mass is 32.1. The number of carbonyl (C=O) groups is 2. The summed E-state index contributed by atoms with van der Waals surface area (Å²) in [6.45, 7) is 0.424. The van der Waals surface area contributed by atoms with Crippen molar-refractivity contribution in [1.82, 2.24) is 5.32 Å². The Bertz CT molecular complexity index is 444. The van der Waals surface area contributed by atoms with Crippen molar-refractivity contribution in [3.63, 3.8) is 0 Å². The molecule has 0 saturated heterocycles. The van der Waals surface area contributed by atoms with Crippen molar-refractivity contribution >= 4 is 23.2 Å². The van der Waals surface area contributed by atoms with Gasteiger partial charge in [0.2, 0.25) is 0 Å². The topological polar surface area (TPSA) is 66.4 Å². The minimum absolute atomic E-state index is 0.0662. The number of carboxylic acid groups (broad SMARTS) is 1. The van der Waals surface area contributed by atoms with Crippen LogP contribution in [0.1, 0.15) is 52.2 Å². The second kappa shape index (κ2) is 6.70. The minimum Gasteiger partial charge on any atom is -0.481 e. The van der Waals surface area contributed by atoms with Gasteiger partial charge in [0.05, 0.1) is 4.88 Å². The molecule has 104 valence electrons. The van der Waals surface area contributed by atoms with Gasteiger partial charge >= 0.3 is 5.97 Å². The summed E-state index contributed by atoms with van der Waals surface area (Å²) in [6.07, 6.45) is 6.45.